The van der Waals surface area contributed by atoms with Crippen molar-refractivity contribution in [2.24, 2.45) is 0 Å². The highest BCUT2D eigenvalue weighted by Gasteiger charge is 2.24. The minimum atomic E-state index is 0.406. The van der Waals surface area contributed by atoms with Crippen molar-refractivity contribution >= 4 is 0 Å². The van der Waals surface area contributed by atoms with E-state index in [0.717, 1.165) is 37.8 Å². The van der Waals surface area contributed by atoms with Crippen molar-refractivity contribution in [3.05, 3.63) is 36.3 Å². The van der Waals surface area contributed by atoms with Crippen LogP contribution in [0.1, 0.15) is 44.3 Å². The van der Waals surface area contributed by atoms with E-state index in [4.69, 9.17) is 4.42 Å². The SMILES string of the molecule is CC(C)n1cnnc1CN(C)C1CCN(Cc2ccco2)CC1. The lowest BCUT2D eigenvalue weighted by atomic mass is 10.0. The third-order valence-corrected chi connectivity index (χ3v) is 4.73. The second-order valence-electron chi connectivity index (χ2n) is 6.75. The van der Waals surface area contributed by atoms with E-state index in [2.05, 4.69) is 51.5 Å². The molecule has 3 rings (SSSR count). The molecular formula is C17H27N5O. The fourth-order valence-corrected chi connectivity index (χ4v) is 3.30. The molecule has 0 radical (unpaired) electrons. The van der Waals surface area contributed by atoms with Crippen LogP contribution in [0.5, 0.6) is 0 Å². The zero-order valence-electron chi connectivity index (χ0n) is 14.4. The molecule has 0 saturated carbocycles. The van der Waals surface area contributed by atoms with Crippen LogP contribution in [0.15, 0.2) is 29.1 Å². The van der Waals surface area contributed by atoms with Crippen molar-refractivity contribution in [2.75, 3.05) is 20.1 Å². The Bertz CT molecular complexity index is 584. The Morgan fingerprint density at radius 2 is 2.13 bits per heavy atom. The van der Waals surface area contributed by atoms with Crippen molar-refractivity contribution < 1.29 is 4.42 Å². The maximum absolute atomic E-state index is 5.45. The number of nitrogens with zero attached hydrogens (tertiary/aromatic N) is 5. The lowest BCUT2D eigenvalue weighted by molar-refractivity contribution is 0.111. The van der Waals surface area contributed by atoms with E-state index in [9.17, 15) is 0 Å². The molecular weight excluding hydrogens is 290 g/mol. The van der Waals surface area contributed by atoms with Gasteiger partial charge in [0, 0.05) is 25.2 Å². The van der Waals surface area contributed by atoms with Crippen molar-refractivity contribution in [2.45, 2.75) is 51.9 Å². The Morgan fingerprint density at radius 3 is 2.78 bits per heavy atom. The molecule has 6 nitrogen and oxygen atoms in total. The van der Waals surface area contributed by atoms with Crippen LogP contribution in [0.3, 0.4) is 0 Å². The van der Waals surface area contributed by atoms with Gasteiger partial charge in [0.2, 0.25) is 0 Å². The average Bonchev–Trinajstić information content (AvgIpc) is 3.19. The Balaban J connectivity index is 1.50. The molecule has 126 valence electrons. The quantitative estimate of drug-likeness (QED) is 0.819. The van der Waals surface area contributed by atoms with E-state index >= 15 is 0 Å². The van der Waals surface area contributed by atoms with E-state index < -0.39 is 0 Å². The van der Waals surface area contributed by atoms with E-state index in [0.29, 0.717) is 12.1 Å². The summed E-state index contributed by atoms with van der Waals surface area (Å²) in [4.78, 5) is 4.90. The highest BCUT2D eigenvalue weighted by Crippen LogP contribution is 2.19. The topological polar surface area (TPSA) is 50.3 Å². The molecule has 1 aliphatic rings. The van der Waals surface area contributed by atoms with Crippen molar-refractivity contribution in [1.29, 1.82) is 0 Å². The maximum Gasteiger partial charge on any atom is 0.147 e. The zero-order valence-corrected chi connectivity index (χ0v) is 14.4. The largest absolute Gasteiger partial charge is 0.468 e. The summed E-state index contributed by atoms with van der Waals surface area (Å²) in [6.45, 7) is 8.35. The first-order valence-corrected chi connectivity index (χ1v) is 8.47. The minimum absolute atomic E-state index is 0.406. The Morgan fingerprint density at radius 1 is 1.35 bits per heavy atom. The smallest absolute Gasteiger partial charge is 0.147 e. The number of likely N-dealkylation sites (tertiary alicyclic amines) is 1. The molecule has 0 aliphatic carbocycles. The molecule has 0 amide bonds. The Hall–Kier alpha value is -1.66. The molecule has 1 fully saturated rings. The summed E-state index contributed by atoms with van der Waals surface area (Å²) in [6, 6.07) is 5.03. The highest BCUT2D eigenvalue weighted by molar-refractivity contribution is 4.98. The zero-order chi connectivity index (χ0) is 16.2. The predicted molar refractivity (Wildman–Crippen MR) is 88.9 cm³/mol. The molecule has 0 aromatic carbocycles. The summed E-state index contributed by atoms with van der Waals surface area (Å²) < 4.78 is 7.60. The molecule has 2 aromatic rings. The van der Waals surface area contributed by atoms with Gasteiger partial charge in [-0.1, -0.05) is 0 Å². The van der Waals surface area contributed by atoms with Crippen molar-refractivity contribution in [3.63, 3.8) is 0 Å². The molecule has 0 bridgehead atoms. The third kappa shape index (κ3) is 4.00. The van der Waals surface area contributed by atoms with E-state index in [-0.39, 0.29) is 0 Å². The lowest BCUT2D eigenvalue weighted by Gasteiger charge is -2.36. The molecule has 1 saturated heterocycles. The van der Waals surface area contributed by atoms with Crippen molar-refractivity contribution in [1.82, 2.24) is 24.6 Å². The first-order valence-electron chi connectivity index (χ1n) is 8.47. The van der Waals surface area contributed by atoms with Gasteiger partial charge in [0.15, 0.2) is 0 Å². The van der Waals surface area contributed by atoms with Crippen LogP contribution in [0.4, 0.5) is 0 Å². The Kier molecular flexibility index (Phi) is 5.13. The number of piperidine rings is 1. The van der Waals surface area contributed by atoms with Gasteiger partial charge >= 0.3 is 0 Å². The monoisotopic (exact) mass is 317 g/mol. The minimum Gasteiger partial charge on any atom is -0.468 e. The summed E-state index contributed by atoms with van der Waals surface area (Å²) in [7, 11) is 2.20. The van der Waals surface area contributed by atoms with Gasteiger partial charge < -0.3 is 8.98 Å². The van der Waals surface area contributed by atoms with Gasteiger partial charge in [-0.05, 0) is 45.9 Å². The van der Waals surface area contributed by atoms with Crippen LogP contribution < -0.4 is 0 Å². The highest BCUT2D eigenvalue weighted by atomic mass is 16.3. The average molecular weight is 317 g/mol. The lowest BCUT2D eigenvalue weighted by Crippen LogP contribution is -2.43. The number of hydrogen-bond donors (Lipinski definition) is 0. The fourth-order valence-electron chi connectivity index (χ4n) is 3.30. The summed E-state index contributed by atoms with van der Waals surface area (Å²) >= 11 is 0. The van der Waals surface area contributed by atoms with Crippen LogP contribution in [0.2, 0.25) is 0 Å². The van der Waals surface area contributed by atoms with Gasteiger partial charge in [-0.3, -0.25) is 9.80 Å². The summed E-state index contributed by atoms with van der Waals surface area (Å²) in [5.41, 5.74) is 0. The molecule has 0 N–H and O–H groups in total. The summed E-state index contributed by atoms with van der Waals surface area (Å²) in [6.07, 6.45) is 5.96. The summed E-state index contributed by atoms with van der Waals surface area (Å²) in [5, 5.41) is 8.35. The van der Waals surface area contributed by atoms with Gasteiger partial charge in [0.05, 0.1) is 19.4 Å². The van der Waals surface area contributed by atoms with Crippen LogP contribution >= 0.6 is 0 Å². The normalized spacial score (nSPS) is 17.4. The van der Waals surface area contributed by atoms with Gasteiger partial charge in [0.1, 0.15) is 17.9 Å². The van der Waals surface area contributed by atoms with Gasteiger partial charge in [-0.15, -0.1) is 10.2 Å². The number of aromatic nitrogens is 3. The standard InChI is InChI=1S/C17H27N5O/c1-14(2)22-13-18-19-17(22)12-20(3)15-6-8-21(9-7-15)11-16-5-4-10-23-16/h4-5,10,13-15H,6-9,11-12H2,1-3H3. The number of hydrogen-bond acceptors (Lipinski definition) is 5. The molecule has 0 unspecified atom stereocenters. The third-order valence-electron chi connectivity index (χ3n) is 4.73. The molecule has 23 heavy (non-hydrogen) atoms. The van der Waals surface area contributed by atoms with Crippen LogP contribution in [-0.2, 0) is 13.1 Å². The number of furan rings is 1. The van der Waals surface area contributed by atoms with Gasteiger partial charge in [0.25, 0.3) is 0 Å². The Labute approximate surface area is 138 Å². The second kappa shape index (κ2) is 7.27. The molecule has 2 aromatic heterocycles. The number of rotatable bonds is 6. The molecule has 1 aliphatic heterocycles. The molecule has 3 heterocycles. The van der Waals surface area contributed by atoms with Crippen molar-refractivity contribution in [3.8, 4) is 0 Å². The maximum atomic E-state index is 5.45. The second-order valence-corrected chi connectivity index (χ2v) is 6.75. The van der Waals surface area contributed by atoms with E-state index in [1.807, 2.05) is 12.4 Å². The van der Waals surface area contributed by atoms with E-state index in [1.54, 1.807) is 6.26 Å². The van der Waals surface area contributed by atoms with Gasteiger partial charge in [-0.25, -0.2) is 0 Å². The molecule has 6 heteroatoms. The van der Waals surface area contributed by atoms with Crippen LogP contribution in [0, 0.1) is 0 Å². The predicted octanol–water partition coefficient (Wildman–Crippen LogP) is 2.55. The summed E-state index contributed by atoms with van der Waals surface area (Å²) in [5.74, 6) is 2.11. The first-order chi connectivity index (χ1) is 11.1. The molecule has 0 atom stereocenters. The fraction of sp³-hybridized carbons (Fsp3) is 0.647. The molecule has 0 spiro atoms. The van der Waals surface area contributed by atoms with E-state index in [1.165, 1.54) is 12.8 Å². The van der Waals surface area contributed by atoms with Gasteiger partial charge in [-0.2, -0.15) is 0 Å². The van der Waals surface area contributed by atoms with Crippen LogP contribution in [0.25, 0.3) is 0 Å². The first kappa shape index (κ1) is 16.2. The van der Waals surface area contributed by atoms with Crippen LogP contribution in [-0.4, -0.2) is 50.7 Å².